The Labute approximate surface area is 116 Å². The second kappa shape index (κ2) is 7.39. The summed E-state index contributed by atoms with van der Waals surface area (Å²) < 4.78 is 0. The average Bonchev–Trinajstić information content (AvgIpc) is 2.25. The highest BCUT2D eigenvalue weighted by Gasteiger charge is 2.19. The fourth-order valence-electron chi connectivity index (χ4n) is 1.78. The van der Waals surface area contributed by atoms with Gasteiger partial charge in [-0.2, -0.15) is 0 Å². The van der Waals surface area contributed by atoms with Gasteiger partial charge >= 0.3 is 0 Å². The molecule has 0 heterocycles. The molecule has 0 aliphatic heterocycles. The fraction of sp³-hybridized carbons (Fsp3) is 0.500. The number of nitrogens with two attached hydrogens (primary N) is 1. The molecule has 3 N–H and O–H groups in total. The highest BCUT2D eigenvalue weighted by molar-refractivity contribution is 5.95. The normalized spacial score (nSPS) is 13.4. The molecule has 3 nitrogen and oxygen atoms in total. The van der Waals surface area contributed by atoms with Crippen molar-refractivity contribution in [1.29, 1.82) is 0 Å². The number of amides is 1. The van der Waals surface area contributed by atoms with Gasteiger partial charge in [-0.05, 0) is 43.0 Å². The van der Waals surface area contributed by atoms with Gasteiger partial charge < -0.3 is 11.1 Å². The summed E-state index contributed by atoms with van der Waals surface area (Å²) in [5.41, 5.74) is 8.98. The number of nitrogens with one attached hydrogen (secondary N) is 1. The minimum Gasteiger partial charge on any atom is -0.325 e. The lowest BCUT2D eigenvalue weighted by Crippen LogP contribution is -2.40. The van der Waals surface area contributed by atoms with Gasteiger partial charge in [0.15, 0.2) is 0 Å². The van der Waals surface area contributed by atoms with E-state index in [-0.39, 0.29) is 24.2 Å². The Kier molecular flexibility index (Phi) is 6.96. The zero-order valence-electron chi connectivity index (χ0n) is 11.5. The van der Waals surface area contributed by atoms with Crippen LogP contribution in [-0.4, -0.2) is 11.9 Å². The molecule has 2 unspecified atom stereocenters. The monoisotopic (exact) mass is 270 g/mol. The first-order valence-corrected chi connectivity index (χ1v) is 6.08. The van der Waals surface area contributed by atoms with E-state index in [1.165, 1.54) is 0 Å². The quantitative estimate of drug-likeness (QED) is 0.884. The maximum Gasteiger partial charge on any atom is 0.241 e. The largest absolute Gasteiger partial charge is 0.325 e. The van der Waals surface area contributed by atoms with Crippen LogP contribution in [0.1, 0.15) is 31.4 Å². The summed E-state index contributed by atoms with van der Waals surface area (Å²) in [6, 6.07) is 5.54. The lowest BCUT2D eigenvalue weighted by molar-refractivity contribution is -0.118. The third-order valence-electron chi connectivity index (χ3n) is 3.05. The first-order valence-electron chi connectivity index (χ1n) is 6.08. The van der Waals surface area contributed by atoms with Gasteiger partial charge in [0.1, 0.15) is 0 Å². The van der Waals surface area contributed by atoms with E-state index in [9.17, 15) is 4.79 Å². The topological polar surface area (TPSA) is 55.1 Å². The number of anilines is 1. The molecule has 0 saturated heterocycles. The van der Waals surface area contributed by atoms with Crippen molar-refractivity contribution in [3.05, 3.63) is 29.3 Å². The molecule has 0 aliphatic carbocycles. The van der Waals surface area contributed by atoms with Gasteiger partial charge in [0, 0.05) is 5.69 Å². The molecule has 102 valence electrons. The van der Waals surface area contributed by atoms with E-state index < -0.39 is 6.04 Å². The number of aryl methyl sites for hydroxylation is 2. The Balaban J connectivity index is 0.00000289. The first-order chi connectivity index (χ1) is 7.93. The first kappa shape index (κ1) is 16.9. The smallest absolute Gasteiger partial charge is 0.241 e. The number of carbonyl (C=O) groups is 1. The summed E-state index contributed by atoms with van der Waals surface area (Å²) in [7, 11) is 0. The Hall–Kier alpha value is -1.06. The van der Waals surface area contributed by atoms with Crippen LogP contribution in [0.3, 0.4) is 0 Å². The summed E-state index contributed by atoms with van der Waals surface area (Å²) in [6.07, 6.45) is 0.904. The van der Waals surface area contributed by atoms with Crippen molar-refractivity contribution in [1.82, 2.24) is 0 Å². The molecule has 2 atom stereocenters. The molecular weight excluding hydrogens is 248 g/mol. The molecule has 0 aromatic heterocycles. The number of benzene rings is 1. The molecule has 1 rings (SSSR count). The number of carbonyl (C=O) groups excluding carboxylic acids is 1. The minimum absolute atomic E-state index is 0. The number of hydrogen-bond donors (Lipinski definition) is 2. The van der Waals surface area contributed by atoms with E-state index in [4.69, 9.17) is 5.73 Å². The average molecular weight is 271 g/mol. The van der Waals surface area contributed by atoms with Crippen LogP contribution in [0.5, 0.6) is 0 Å². The number of hydrogen-bond acceptors (Lipinski definition) is 2. The molecule has 1 aromatic rings. The zero-order valence-corrected chi connectivity index (χ0v) is 12.3. The standard InChI is InChI=1S/C14H22N2O.ClH/c1-5-11(4)13(15)14(17)16-12-7-9(2)6-10(3)8-12;/h6-8,11,13H,5,15H2,1-4H3,(H,16,17);1H. The Morgan fingerprint density at radius 2 is 1.78 bits per heavy atom. The molecule has 0 fully saturated rings. The van der Waals surface area contributed by atoms with E-state index in [2.05, 4.69) is 11.4 Å². The van der Waals surface area contributed by atoms with Crippen molar-refractivity contribution in [3.8, 4) is 0 Å². The summed E-state index contributed by atoms with van der Waals surface area (Å²) >= 11 is 0. The lowest BCUT2D eigenvalue weighted by atomic mass is 9.99. The second-order valence-electron chi connectivity index (χ2n) is 4.78. The second-order valence-corrected chi connectivity index (χ2v) is 4.78. The van der Waals surface area contributed by atoms with Gasteiger partial charge in [0.05, 0.1) is 6.04 Å². The Morgan fingerprint density at radius 3 is 2.22 bits per heavy atom. The van der Waals surface area contributed by atoms with Crippen molar-refractivity contribution >= 4 is 24.0 Å². The van der Waals surface area contributed by atoms with Crippen LogP contribution < -0.4 is 11.1 Å². The van der Waals surface area contributed by atoms with Gasteiger partial charge in [0.25, 0.3) is 0 Å². The Bertz CT molecular complexity index is 387. The van der Waals surface area contributed by atoms with Gasteiger partial charge in [-0.1, -0.05) is 26.3 Å². The minimum atomic E-state index is -0.444. The van der Waals surface area contributed by atoms with Crippen LogP contribution in [0.2, 0.25) is 0 Å². The highest BCUT2D eigenvalue weighted by atomic mass is 35.5. The molecule has 0 spiro atoms. The summed E-state index contributed by atoms with van der Waals surface area (Å²) in [4.78, 5) is 11.9. The molecule has 0 saturated carbocycles. The maximum atomic E-state index is 11.9. The summed E-state index contributed by atoms with van der Waals surface area (Å²) in [5, 5.41) is 2.87. The van der Waals surface area contributed by atoms with E-state index in [1.54, 1.807) is 0 Å². The molecule has 0 aliphatic rings. The highest BCUT2D eigenvalue weighted by Crippen LogP contribution is 2.15. The van der Waals surface area contributed by atoms with Crippen molar-refractivity contribution in [2.45, 2.75) is 40.2 Å². The van der Waals surface area contributed by atoms with E-state index >= 15 is 0 Å². The van der Waals surface area contributed by atoms with Crippen LogP contribution in [0.4, 0.5) is 5.69 Å². The van der Waals surface area contributed by atoms with Crippen LogP contribution in [0, 0.1) is 19.8 Å². The van der Waals surface area contributed by atoms with Gasteiger partial charge in [-0.15, -0.1) is 12.4 Å². The van der Waals surface area contributed by atoms with Crippen LogP contribution >= 0.6 is 12.4 Å². The lowest BCUT2D eigenvalue weighted by Gasteiger charge is -2.18. The molecule has 4 heteroatoms. The molecule has 1 amide bonds. The van der Waals surface area contributed by atoms with E-state index in [0.29, 0.717) is 0 Å². The third kappa shape index (κ3) is 4.67. The van der Waals surface area contributed by atoms with Gasteiger partial charge in [0.2, 0.25) is 5.91 Å². The fourth-order valence-corrected chi connectivity index (χ4v) is 1.78. The molecule has 18 heavy (non-hydrogen) atoms. The van der Waals surface area contributed by atoms with Crippen molar-refractivity contribution in [2.75, 3.05) is 5.32 Å². The van der Waals surface area contributed by atoms with E-state index in [0.717, 1.165) is 23.2 Å². The zero-order chi connectivity index (χ0) is 13.0. The van der Waals surface area contributed by atoms with Crippen LogP contribution in [-0.2, 0) is 4.79 Å². The molecular formula is C14H23ClN2O. The van der Waals surface area contributed by atoms with Gasteiger partial charge in [-0.3, -0.25) is 4.79 Å². The number of halogens is 1. The third-order valence-corrected chi connectivity index (χ3v) is 3.05. The Morgan fingerprint density at radius 1 is 1.28 bits per heavy atom. The van der Waals surface area contributed by atoms with Crippen molar-refractivity contribution < 1.29 is 4.79 Å². The molecule has 0 bridgehead atoms. The predicted octanol–water partition coefficient (Wildman–Crippen LogP) is 3.04. The summed E-state index contributed by atoms with van der Waals surface area (Å²) in [5.74, 6) is 0.0882. The van der Waals surface area contributed by atoms with Crippen molar-refractivity contribution in [2.24, 2.45) is 11.7 Å². The number of rotatable bonds is 4. The van der Waals surface area contributed by atoms with Crippen LogP contribution in [0.25, 0.3) is 0 Å². The predicted molar refractivity (Wildman–Crippen MR) is 79.2 cm³/mol. The van der Waals surface area contributed by atoms with Crippen molar-refractivity contribution in [3.63, 3.8) is 0 Å². The van der Waals surface area contributed by atoms with E-state index in [1.807, 2.05) is 39.8 Å². The molecule has 0 radical (unpaired) electrons. The SMILES string of the molecule is CCC(C)C(N)C(=O)Nc1cc(C)cc(C)c1.Cl. The molecule has 1 aromatic carbocycles. The summed E-state index contributed by atoms with van der Waals surface area (Å²) in [6.45, 7) is 8.05. The maximum absolute atomic E-state index is 11.9. The van der Waals surface area contributed by atoms with Gasteiger partial charge in [-0.25, -0.2) is 0 Å². The van der Waals surface area contributed by atoms with Crippen LogP contribution in [0.15, 0.2) is 18.2 Å².